The molecule has 2 fully saturated rings. The Morgan fingerprint density at radius 3 is 2.75 bits per heavy atom. The zero-order chi connectivity index (χ0) is 5.78. The molecule has 0 spiro atoms. The van der Waals surface area contributed by atoms with Crippen molar-refractivity contribution >= 4 is 11.8 Å². The molecular formula is C6H11NS. The maximum Gasteiger partial charge on any atom is 0.0511 e. The molecular weight excluding hydrogens is 118 g/mol. The summed E-state index contributed by atoms with van der Waals surface area (Å²) in [4.78, 5) is 0. The van der Waals surface area contributed by atoms with Crippen molar-refractivity contribution in [3.63, 3.8) is 0 Å². The molecule has 8 heavy (non-hydrogen) atoms. The van der Waals surface area contributed by atoms with Crippen LogP contribution in [0.3, 0.4) is 0 Å². The Kier molecular flexibility index (Phi) is 0.795. The quantitative estimate of drug-likeness (QED) is 0.527. The molecule has 1 saturated heterocycles. The fraction of sp³-hybridized carbons (Fsp3) is 1.00. The van der Waals surface area contributed by atoms with Crippen molar-refractivity contribution in [1.29, 1.82) is 0 Å². The smallest absolute Gasteiger partial charge is 0.0511 e. The van der Waals surface area contributed by atoms with Crippen LogP contribution in [0.25, 0.3) is 0 Å². The van der Waals surface area contributed by atoms with Gasteiger partial charge in [-0.05, 0) is 20.3 Å². The summed E-state index contributed by atoms with van der Waals surface area (Å²) in [6, 6.07) is 0. The van der Waals surface area contributed by atoms with Gasteiger partial charge in [0.25, 0.3) is 0 Å². The summed E-state index contributed by atoms with van der Waals surface area (Å²) in [5, 5.41) is 5.18. The van der Waals surface area contributed by atoms with E-state index in [1.165, 1.54) is 6.42 Å². The Balaban J connectivity index is 2.10. The second-order valence-corrected chi connectivity index (χ2v) is 4.58. The third-order valence-corrected chi connectivity index (χ3v) is 3.60. The standard InChI is InChI=1S/C6H11NS/c1-4-7-6(2)3-5(6)8-4/h4-5,7H,3H2,1-2H3. The first-order valence-corrected chi connectivity index (χ1v) is 4.08. The van der Waals surface area contributed by atoms with Crippen molar-refractivity contribution in [2.75, 3.05) is 0 Å². The van der Waals surface area contributed by atoms with Gasteiger partial charge in [0, 0.05) is 10.8 Å². The summed E-state index contributed by atoms with van der Waals surface area (Å²) in [5.41, 5.74) is 0.546. The molecule has 0 bridgehead atoms. The molecule has 0 amide bonds. The van der Waals surface area contributed by atoms with Gasteiger partial charge in [0.15, 0.2) is 0 Å². The minimum Gasteiger partial charge on any atom is -0.299 e. The molecule has 1 nitrogen and oxygen atoms in total. The van der Waals surface area contributed by atoms with Crippen LogP contribution in [-0.2, 0) is 0 Å². The lowest BCUT2D eigenvalue weighted by molar-refractivity contribution is 0.558. The largest absolute Gasteiger partial charge is 0.299 e. The van der Waals surface area contributed by atoms with Gasteiger partial charge in [-0.3, -0.25) is 5.32 Å². The van der Waals surface area contributed by atoms with Crippen LogP contribution in [0, 0.1) is 0 Å². The van der Waals surface area contributed by atoms with Crippen LogP contribution < -0.4 is 5.32 Å². The van der Waals surface area contributed by atoms with Crippen LogP contribution in [0.15, 0.2) is 0 Å². The maximum absolute atomic E-state index is 3.53. The van der Waals surface area contributed by atoms with Gasteiger partial charge < -0.3 is 0 Å². The van der Waals surface area contributed by atoms with Gasteiger partial charge in [-0.2, -0.15) is 0 Å². The summed E-state index contributed by atoms with van der Waals surface area (Å²) in [6.45, 7) is 4.55. The molecule has 1 heterocycles. The van der Waals surface area contributed by atoms with Crippen molar-refractivity contribution in [2.24, 2.45) is 0 Å². The molecule has 0 aromatic rings. The zero-order valence-corrected chi connectivity index (χ0v) is 6.09. The van der Waals surface area contributed by atoms with E-state index >= 15 is 0 Å². The highest BCUT2D eigenvalue weighted by Gasteiger charge is 2.56. The first-order chi connectivity index (χ1) is 3.71. The Hall–Kier alpha value is 0.310. The summed E-state index contributed by atoms with van der Waals surface area (Å²) in [6.07, 6.45) is 1.39. The summed E-state index contributed by atoms with van der Waals surface area (Å²) in [5.74, 6) is 0. The molecule has 3 atom stereocenters. The number of hydrogen-bond acceptors (Lipinski definition) is 2. The average molecular weight is 129 g/mol. The SMILES string of the molecule is CC1NC2(C)CC2S1. The molecule has 1 aliphatic heterocycles. The van der Waals surface area contributed by atoms with E-state index in [1.54, 1.807) is 0 Å². The Morgan fingerprint density at radius 1 is 1.75 bits per heavy atom. The predicted octanol–water partition coefficient (Wildman–Crippen LogP) is 1.20. The molecule has 0 radical (unpaired) electrons. The molecule has 2 aliphatic rings. The van der Waals surface area contributed by atoms with E-state index in [0.29, 0.717) is 10.9 Å². The number of nitrogens with one attached hydrogen (secondary N) is 1. The molecule has 0 aromatic heterocycles. The Morgan fingerprint density at radius 2 is 2.50 bits per heavy atom. The molecule has 1 N–H and O–H groups in total. The fourth-order valence-electron chi connectivity index (χ4n) is 1.42. The average Bonchev–Trinajstić information content (AvgIpc) is 2.07. The van der Waals surface area contributed by atoms with Crippen LogP contribution in [0.1, 0.15) is 20.3 Å². The van der Waals surface area contributed by atoms with Crippen LogP contribution >= 0.6 is 11.8 Å². The van der Waals surface area contributed by atoms with Gasteiger partial charge in [-0.25, -0.2) is 0 Å². The van der Waals surface area contributed by atoms with Gasteiger partial charge in [0.1, 0.15) is 0 Å². The van der Waals surface area contributed by atoms with E-state index in [-0.39, 0.29) is 0 Å². The lowest BCUT2D eigenvalue weighted by atomic mass is 10.3. The molecule has 2 rings (SSSR count). The summed E-state index contributed by atoms with van der Waals surface area (Å²) < 4.78 is 0. The molecule has 2 heteroatoms. The van der Waals surface area contributed by atoms with Crippen LogP contribution in [-0.4, -0.2) is 16.2 Å². The highest BCUT2D eigenvalue weighted by molar-refractivity contribution is 8.01. The van der Waals surface area contributed by atoms with Gasteiger partial charge in [0.05, 0.1) is 5.37 Å². The highest BCUT2D eigenvalue weighted by Crippen LogP contribution is 2.52. The number of hydrogen-bond donors (Lipinski definition) is 1. The summed E-state index contributed by atoms with van der Waals surface area (Å²) >= 11 is 2.08. The molecule has 1 aliphatic carbocycles. The van der Waals surface area contributed by atoms with Crippen LogP contribution in [0.4, 0.5) is 0 Å². The fourth-order valence-corrected chi connectivity index (χ4v) is 3.06. The van der Waals surface area contributed by atoms with Gasteiger partial charge in [-0.1, -0.05) is 0 Å². The van der Waals surface area contributed by atoms with E-state index < -0.39 is 0 Å². The van der Waals surface area contributed by atoms with Gasteiger partial charge >= 0.3 is 0 Å². The molecule has 0 aromatic carbocycles. The second-order valence-electron chi connectivity index (χ2n) is 3.03. The van der Waals surface area contributed by atoms with Crippen molar-refractivity contribution in [3.8, 4) is 0 Å². The number of rotatable bonds is 0. The van der Waals surface area contributed by atoms with Crippen LogP contribution in [0.2, 0.25) is 0 Å². The van der Waals surface area contributed by atoms with Crippen molar-refractivity contribution in [3.05, 3.63) is 0 Å². The lowest BCUT2D eigenvalue weighted by Gasteiger charge is -2.08. The van der Waals surface area contributed by atoms with Gasteiger partial charge in [0.2, 0.25) is 0 Å². The highest BCUT2D eigenvalue weighted by atomic mass is 32.2. The van der Waals surface area contributed by atoms with E-state index in [2.05, 4.69) is 30.9 Å². The minimum absolute atomic E-state index is 0.546. The maximum atomic E-state index is 3.53. The number of fused-ring (bicyclic) bond motifs is 1. The summed E-state index contributed by atoms with van der Waals surface area (Å²) in [7, 11) is 0. The van der Waals surface area contributed by atoms with E-state index in [0.717, 1.165) is 5.25 Å². The third kappa shape index (κ3) is 0.531. The Bertz CT molecular complexity index is 126. The molecule has 1 saturated carbocycles. The zero-order valence-electron chi connectivity index (χ0n) is 5.27. The normalized spacial score (nSPS) is 60.8. The molecule has 3 unspecified atom stereocenters. The van der Waals surface area contributed by atoms with Gasteiger partial charge in [-0.15, -0.1) is 11.8 Å². The minimum atomic E-state index is 0.546. The van der Waals surface area contributed by atoms with Crippen molar-refractivity contribution in [1.82, 2.24) is 5.32 Å². The third-order valence-electron chi connectivity index (χ3n) is 2.06. The lowest BCUT2D eigenvalue weighted by Crippen LogP contribution is -2.29. The van der Waals surface area contributed by atoms with Crippen molar-refractivity contribution in [2.45, 2.75) is 36.4 Å². The number of thioether (sulfide) groups is 1. The molecule has 46 valence electrons. The van der Waals surface area contributed by atoms with Crippen LogP contribution in [0.5, 0.6) is 0 Å². The van der Waals surface area contributed by atoms with Crippen molar-refractivity contribution < 1.29 is 0 Å². The second kappa shape index (κ2) is 1.24. The first kappa shape index (κ1) is 5.12. The van der Waals surface area contributed by atoms with E-state index in [1.807, 2.05) is 0 Å². The first-order valence-electron chi connectivity index (χ1n) is 3.14. The van der Waals surface area contributed by atoms with E-state index in [9.17, 15) is 0 Å². The predicted molar refractivity (Wildman–Crippen MR) is 37.0 cm³/mol. The Labute approximate surface area is 54.2 Å². The van der Waals surface area contributed by atoms with E-state index in [4.69, 9.17) is 0 Å². The topological polar surface area (TPSA) is 12.0 Å². The monoisotopic (exact) mass is 129 g/mol.